The van der Waals surface area contributed by atoms with Gasteiger partial charge in [0.1, 0.15) is 5.75 Å². The molecule has 3 aromatic carbocycles. The molecular weight excluding hydrogens is 483 g/mol. The molecule has 3 aromatic rings. The predicted molar refractivity (Wildman–Crippen MR) is 112 cm³/mol. The first-order valence-corrected chi connectivity index (χ1v) is 9.57. The van der Waals surface area contributed by atoms with Crippen molar-refractivity contribution in [1.29, 1.82) is 0 Å². The van der Waals surface area contributed by atoms with Gasteiger partial charge in [-0.3, -0.25) is 4.79 Å². The van der Waals surface area contributed by atoms with Gasteiger partial charge in [-0.15, -0.1) is 0 Å². The van der Waals surface area contributed by atoms with Crippen LogP contribution in [0, 0.1) is 0 Å². The summed E-state index contributed by atoms with van der Waals surface area (Å²) in [6.45, 7) is -0.145. The molecule has 0 saturated heterocycles. The molecule has 0 spiro atoms. The van der Waals surface area contributed by atoms with Crippen molar-refractivity contribution in [3.63, 3.8) is 0 Å². The highest BCUT2D eigenvalue weighted by molar-refractivity contribution is 9.11. The topological polar surface area (TPSA) is 50.7 Å². The first kappa shape index (κ1) is 18.9. The molecule has 0 fully saturated rings. The monoisotopic (exact) mass is 494 g/mol. The number of nitrogens with zero attached hydrogens (tertiary/aromatic N) is 1. The molecule has 1 N–H and O–H groups in total. The Morgan fingerprint density at radius 2 is 2.00 bits per heavy atom. The molecule has 26 heavy (non-hydrogen) atoms. The van der Waals surface area contributed by atoms with Gasteiger partial charge in [0.2, 0.25) is 0 Å². The fourth-order valence-corrected chi connectivity index (χ4v) is 3.48. The lowest BCUT2D eigenvalue weighted by Crippen LogP contribution is -2.24. The van der Waals surface area contributed by atoms with Crippen molar-refractivity contribution in [1.82, 2.24) is 5.43 Å². The van der Waals surface area contributed by atoms with Crippen molar-refractivity contribution in [2.45, 2.75) is 0 Å². The van der Waals surface area contributed by atoms with Crippen LogP contribution in [0.3, 0.4) is 0 Å². The third kappa shape index (κ3) is 4.84. The fourth-order valence-electron chi connectivity index (χ4n) is 2.30. The Morgan fingerprint density at radius 1 is 1.15 bits per heavy atom. The Bertz CT molecular complexity index is 992. The van der Waals surface area contributed by atoms with E-state index in [-0.39, 0.29) is 12.5 Å². The minimum atomic E-state index is -0.355. The van der Waals surface area contributed by atoms with Gasteiger partial charge < -0.3 is 4.74 Å². The minimum absolute atomic E-state index is 0.145. The maximum absolute atomic E-state index is 11.9. The number of hydrogen-bond donors (Lipinski definition) is 1. The van der Waals surface area contributed by atoms with Gasteiger partial charge in [0.05, 0.1) is 10.7 Å². The van der Waals surface area contributed by atoms with Crippen LogP contribution in [0.1, 0.15) is 5.56 Å². The molecule has 0 unspecified atom stereocenters. The van der Waals surface area contributed by atoms with E-state index in [1.807, 2.05) is 42.5 Å². The molecule has 0 heterocycles. The van der Waals surface area contributed by atoms with Gasteiger partial charge in [0, 0.05) is 9.50 Å². The summed E-state index contributed by atoms with van der Waals surface area (Å²) in [4.78, 5) is 11.9. The van der Waals surface area contributed by atoms with Crippen molar-refractivity contribution < 1.29 is 9.53 Å². The summed E-state index contributed by atoms with van der Waals surface area (Å²) in [7, 11) is 0. The van der Waals surface area contributed by atoms with Crippen LogP contribution >= 0.6 is 43.5 Å². The summed E-state index contributed by atoms with van der Waals surface area (Å²) >= 11 is 12.9. The molecule has 3 rings (SSSR count). The average Bonchev–Trinajstić information content (AvgIpc) is 2.61. The second-order valence-corrected chi connectivity index (χ2v) is 7.53. The molecule has 1 amide bonds. The molecule has 0 bridgehead atoms. The molecular formula is C19H13Br2ClN2O2. The van der Waals surface area contributed by atoms with Gasteiger partial charge in [-0.1, -0.05) is 51.8 Å². The predicted octanol–water partition coefficient (Wildman–Crippen LogP) is 5.55. The largest absolute Gasteiger partial charge is 0.483 e. The Balaban J connectivity index is 1.60. The fraction of sp³-hybridized carbons (Fsp3) is 0.0526. The smallest absolute Gasteiger partial charge is 0.277 e. The van der Waals surface area contributed by atoms with Gasteiger partial charge in [0.15, 0.2) is 6.61 Å². The Morgan fingerprint density at radius 3 is 2.81 bits per heavy atom. The van der Waals surface area contributed by atoms with Crippen LogP contribution in [0.4, 0.5) is 0 Å². The van der Waals surface area contributed by atoms with Crippen molar-refractivity contribution in [3.8, 4) is 5.75 Å². The maximum atomic E-state index is 11.9. The zero-order valence-corrected chi connectivity index (χ0v) is 17.3. The Hall–Kier alpha value is -1.89. The Labute approximate surface area is 172 Å². The van der Waals surface area contributed by atoms with E-state index in [2.05, 4.69) is 42.4 Å². The van der Waals surface area contributed by atoms with Gasteiger partial charge in [-0.25, -0.2) is 5.43 Å². The van der Waals surface area contributed by atoms with E-state index in [9.17, 15) is 4.79 Å². The van der Waals surface area contributed by atoms with E-state index >= 15 is 0 Å². The van der Waals surface area contributed by atoms with E-state index in [1.54, 1.807) is 12.1 Å². The van der Waals surface area contributed by atoms with Crippen molar-refractivity contribution in [2.75, 3.05) is 6.61 Å². The number of carbonyl (C=O) groups excluding carboxylic acids is 1. The number of ether oxygens (including phenoxy) is 1. The molecule has 0 aliphatic carbocycles. The van der Waals surface area contributed by atoms with Crippen LogP contribution in [0.2, 0.25) is 5.02 Å². The molecule has 0 atom stereocenters. The molecule has 0 aliphatic rings. The zero-order chi connectivity index (χ0) is 18.5. The lowest BCUT2D eigenvalue weighted by molar-refractivity contribution is -0.123. The van der Waals surface area contributed by atoms with Crippen LogP contribution in [0.25, 0.3) is 10.8 Å². The van der Waals surface area contributed by atoms with Crippen molar-refractivity contribution >= 4 is 66.4 Å². The maximum Gasteiger partial charge on any atom is 0.277 e. The van der Waals surface area contributed by atoms with Gasteiger partial charge in [0.25, 0.3) is 5.91 Å². The number of carbonyl (C=O) groups is 1. The van der Waals surface area contributed by atoms with Crippen molar-refractivity contribution in [2.24, 2.45) is 5.10 Å². The van der Waals surface area contributed by atoms with Gasteiger partial charge >= 0.3 is 0 Å². The molecule has 0 saturated carbocycles. The summed E-state index contributed by atoms with van der Waals surface area (Å²) in [6, 6.07) is 16.9. The first-order valence-electron chi connectivity index (χ1n) is 7.61. The number of hydrogen-bond acceptors (Lipinski definition) is 3. The molecule has 4 nitrogen and oxygen atoms in total. The lowest BCUT2D eigenvalue weighted by Gasteiger charge is -2.10. The minimum Gasteiger partial charge on any atom is -0.483 e. The summed E-state index contributed by atoms with van der Waals surface area (Å²) < 4.78 is 7.40. The standard InChI is InChI=1S/C19H13Br2ClN2O2/c20-14-5-6-16-13(9-14)4-7-17(19(16)21)26-11-18(25)24-23-10-12-2-1-3-15(22)8-12/h1-10H,11H2,(H,24,25). The summed E-state index contributed by atoms with van der Waals surface area (Å²) in [6.07, 6.45) is 1.52. The molecule has 0 aromatic heterocycles. The summed E-state index contributed by atoms with van der Waals surface area (Å²) in [5.74, 6) is 0.236. The third-order valence-electron chi connectivity index (χ3n) is 3.49. The molecule has 7 heteroatoms. The van der Waals surface area contributed by atoms with Gasteiger partial charge in [-0.05, 0) is 62.6 Å². The highest BCUT2D eigenvalue weighted by atomic mass is 79.9. The average molecular weight is 497 g/mol. The van der Waals surface area contributed by atoms with Crippen molar-refractivity contribution in [3.05, 3.63) is 74.1 Å². The SMILES string of the molecule is O=C(COc1ccc2cc(Br)ccc2c1Br)NN=Cc1cccc(Cl)c1. The number of benzene rings is 3. The number of amides is 1. The molecule has 0 radical (unpaired) electrons. The quantitative estimate of drug-likeness (QED) is 0.372. The number of nitrogens with one attached hydrogen (secondary N) is 1. The second-order valence-electron chi connectivity index (χ2n) is 5.38. The van der Waals surface area contributed by atoms with Crippen LogP contribution in [-0.2, 0) is 4.79 Å². The summed E-state index contributed by atoms with van der Waals surface area (Å²) in [5.41, 5.74) is 3.22. The van der Waals surface area contributed by atoms with Crippen LogP contribution in [-0.4, -0.2) is 18.7 Å². The number of rotatable bonds is 5. The zero-order valence-electron chi connectivity index (χ0n) is 13.4. The van der Waals surface area contributed by atoms with E-state index in [0.717, 1.165) is 25.3 Å². The Kier molecular flexibility index (Phi) is 6.29. The number of fused-ring (bicyclic) bond motifs is 1. The van der Waals surface area contributed by atoms with E-state index in [0.29, 0.717) is 10.8 Å². The number of halogens is 3. The van der Waals surface area contributed by atoms with Crippen LogP contribution < -0.4 is 10.2 Å². The highest BCUT2D eigenvalue weighted by Crippen LogP contribution is 2.34. The van der Waals surface area contributed by atoms with E-state index in [1.165, 1.54) is 6.21 Å². The highest BCUT2D eigenvalue weighted by Gasteiger charge is 2.08. The van der Waals surface area contributed by atoms with E-state index < -0.39 is 0 Å². The molecule has 132 valence electrons. The van der Waals surface area contributed by atoms with Crippen LogP contribution in [0.5, 0.6) is 5.75 Å². The third-order valence-corrected chi connectivity index (χ3v) is 5.04. The molecule has 0 aliphatic heterocycles. The first-order chi connectivity index (χ1) is 12.5. The van der Waals surface area contributed by atoms with Gasteiger partial charge in [-0.2, -0.15) is 5.10 Å². The van der Waals surface area contributed by atoms with E-state index in [4.69, 9.17) is 16.3 Å². The summed E-state index contributed by atoms with van der Waals surface area (Å²) in [5, 5.41) is 6.57. The normalized spacial score (nSPS) is 11.0. The number of hydrazone groups is 1. The lowest BCUT2D eigenvalue weighted by atomic mass is 10.1. The van der Waals surface area contributed by atoms with Crippen LogP contribution in [0.15, 0.2) is 68.6 Å². The second kappa shape index (κ2) is 8.66.